The van der Waals surface area contributed by atoms with Crippen molar-refractivity contribution in [3.05, 3.63) is 0 Å². The number of nitrogens with zero attached hydrogens (tertiary/aromatic N) is 1. The minimum atomic E-state index is -1.04. The standard InChI is InChI=1S/C27H50N4O5/c1-19(2)8-5-9-20(3)10-6-11-21(4)18-24(32)31-17-7-12-23(31)27(36)30-22(13-14-25(33)34)26(35)29-16-15-28/h19-23H,5-18,28H2,1-4H3,(H,29,35)(H,30,36)(H,33,34). The van der Waals surface area contributed by atoms with Crippen LogP contribution in [0.25, 0.3) is 0 Å². The van der Waals surface area contributed by atoms with Gasteiger partial charge in [-0.2, -0.15) is 0 Å². The molecule has 0 bridgehead atoms. The second kappa shape index (κ2) is 17.3. The second-order valence-electron chi connectivity index (χ2n) is 11.0. The van der Waals surface area contributed by atoms with E-state index >= 15 is 0 Å². The molecule has 9 heteroatoms. The molecular formula is C27H50N4O5. The van der Waals surface area contributed by atoms with Gasteiger partial charge in [0.05, 0.1) is 0 Å². The lowest BCUT2D eigenvalue weighted by Crippen LogP contribution is -2.53. The number of likely N-dealkylation sites (tertiary alicyclic amines) is 1. The van der Waals surface area contributed by atoms with Crippen LogP contribution in [0.4, 0.5) is 0 Å². The Morgan fingerprint density at radius 1 is 0.972 bits per heavy atom. The number of hydrogen-bond donors (Lipinski definition) is 4. The normalized spacial score (nSPS) is 18.1. The van der Waals surface area contributed by atoms with E-state index in [1.807, 2.05) is 0 Å². The zero-order valence-corrected chi connectivity index (χ0v) is 22.9. The van der Waals surface area contributed by atoms with Crippen LogP contribution in [0.2, 0.25) is 0 Å². The van der Waals surface area contributed by atoms with Crippen molar-refractivity contribution in [2.45, 2.75) is 110 Å². The van der Waals surface area contributed by atoms with Gasteiger partial charge >= 0.3 is 5.97 Å². The van der Waals surface area contributed by atoms with Crippen LogP contribution in [0.1, 0.15) is 98.3 Å². The largest absolute Gasteiger partial charge is 0.481 e. The second-order valence-corrected chi connectivity index (χ2v) is 11.0. The summed E-state index contributed by atoms with van der Waals surface area (Å²) in [5.41, 5.74) is 5.42. The number of carboxylic acids is 1. The number of hydrogen-bond acceptors (Lipinski definition) is 5. The van der Waals surface area contributed by atoms with Crippen LogP contribution in [0.3, 0.4) is 0 Å². The number of carbonyl (C=O) groups is 4. The summed E-state index contributed by atoms with van der Waals surface area (Å²) in [7, 11) is 0. The van der Waals surface area contributed by atoms with Gasteiger partial charge in [0.2, 0.25) is 17.7 Å². The minimum absolute atomic E-state index is 0.0227. The molecule has 0 aromatic rings. The van der Waals surface area contributed by atoms with Crippen molar-refractivity contribution in [2.24, 2.45) is 23.5 Å². The van der Waals surface area contributed by atoms with Crippen molar-refractivity contribution in [2.75, 3.05) is 19.6 Å². The fourth-order valence-corrected chi connectivity index (χ4v) is 4.81. The summed E-state index contributed by atoms with van der Waals surface area (Å²) in [5.74, 6) is -0.231. The SMILES string of the molecule is CC(C)CCCC(C)CCCC(C)CC(=O)N1CCCC1C(=O)NC(CCC(=O)O)C(=O)NCCN. The smallest absolute Gasteiger partial charge is 0.303 e. The predicted octanol–water partition coefficient (Wildman–Crippen LogP) is 3.06. The number of carboxylic acid groups (broad SMARTS) is 1. The van der Waals surface area contributed by atoms with Gasteiger partial charge in [0, 0.05) is 32.5 Å². The van der Waals surface area contributed by atoms with Crippen molar-refractivity contribution in [1.29, 1.82) is 0 Å². The molecule has 1 saturated heterocycles. The van der Waals surface area contributed by atoms with Gasteiger partial charge in [-0.3, -0.25) is 19.2 Å². The van der Waals surface area contributed by atoms with Crippen LogP contribution in [0.5, 0.6) is 0 Å². The van der Waals surface area contributed by atoms with Crippen molar-refractivity contribution >= 4 is 23.7 Å². The van der Waals surface area contributed by atoms with E-state index in [4.69, 9.17) is 10.8 Å². The average molecular weight is 511 g/mol. The zero-order chi connectivity index (χ0) is 27.1. The Morgan fingerprint density at radius 3 is 2.22 bits per heavy atom. The lowest BCUT2D eigenvalue weighted by atomic mass is 9.92. The van der Waals surface area contributed by atoms with E-state index < -0.39 is 29.9 Å². The first-order chi connectivity index (χ1) is 17.0. The highest BCUT2D eigenvalue weighted by atomic mass is 16.4. The number of nitrogens with two attached hydrogens (primary N) is 1. The predicted molar refractivity (Wildman–Crippen MR) is 141 cm³/mol. The molecule has 4 atom stereocenters. The molecule has 4 unspecified atom stereocenters. The molecule has 0 saturated carbocycles. The highest BCUT2D eigenvalue weighted by molar-refractivity contribution is 5.92. The Bertz CT molecular complexity index is 700. The van der Waals surface area contributed by atoms with E-state index in [-0.39, 0.29) is 37.8 Å². The molecule has 0 spiro atoms. The molecule has 1 fully saturated rings. The lowest BCUT2D eigenvalue weighted by molar-refractivity contribution is -0.140. The highest BCUT2D eigenvalue weighted by Crippen LogP contribution is 2.24. The Morgan fingerprint density at radius 2 is 1.61 bits per heavy atom. The Kier molecular flexibility index (Phi) is 15.3. The van der Waals surface area contributed by atoms with Gasteiger partial charge in [-0.1, -0.05) is 66.2 Å². The quantitative estimate of drug-likeness (QED) is 0.223. The van der Waals surface area contributed by atoms with E-state index in [0.717, 1.165) is 25.2 Å². The Labute approximate surface area is 217 Å². The molecule has 1 aliphatic rings. The fourth-order valence-electron chi connectivity index (χ4n) is 4.81. The van der Waals surface area contributed by atoms with Crippen LogP contribution < -0.4 is 16.4 Å². The number of nitrogens with one attached hydrogen (secondary N) is 2. The average Bonchev–Trinajstić information content (AvgIpc) is 3.30. The molecule has 9 nitrogen and oxygen atoms in total. The number of carbonyl (C=O) groups excluding carboxylic acids is 3. The fraction of sp³-hybridized carbons (Fsp3) is 0.852. The minimum Gasteiger partial charge on any atom is -0.481 e. The van der Waals surface area contributed by atoms with E-state index in [2.05, 4.69) is 38.3 Å². The third kappa shape index (κ3) is 12.7. The molecular weight excluding hydrogens is 460 g/mol. The van der Waals surface area contributed by atoms with Crippen molar-refractivity contribution in [3.8, 4) is 0 Å². The number of amides is 3. The number of rotatable bonds is 18. The molecule has 0 aromatic carbocycles. The Hall–Kier alpha value is -2.16. The maximum absolute atomic E-state index is 13.0. The molecule has 1 heterocycles. The zero-order valence-electron chi connectivity index (χ0n) is 22.9. The van der Waals surface area contributed by atoms with Gasteiger partial charge in [0.15, 0.2) is 0 Å². The maximum atomic E-state index is 13.0. The molecule has 1 rings (SSSR count). The first-order valence-corrected chi connectivity index (χ1v) is 13.8. The van der Waals surface area contributed by atoms with Gasteiger partial charge < -0.3 is 26.4 Å². The molecule has 3 amide bonds. The topological polar surface area (TPSA) is 142 Å². The van der Waals surface area contributed by atoms with E-state index in [9.17, 15) is 19.2 Å². The third-order valence-electron chi connectivity index (χ3n) is 6.99. The summed E-state index contributed by atoms with van der Waals surface area (Å²) < 4.78 is 0. The van der Waals surface area contributed by atoms with E-state index in [1.54, 1.807) is 4.90 Å². The van der Waals surface area contributed by atoms with Gasteiger partial charge in [0.1, 0.15) is 12.1 Å². The van der Waals surface area contributed by atoms with Crippen molar-refractivity contribution < 1.29 is 24.3 Å². The molecule has 0 radical (unpaired) electrons. The molecule has 0 aliphatic carbocycles. The van der Waals surface area contributed by atoms with E-state index in [1.165, 1.54) is 25.7 Å². The molecule has 208 valence electrons. The van der Waals surface area contributed by atoms with Gasteiger partial charge in [-0.15, -0.1) is 0 Å². The maximum Gasteiger partial charge on any atom is 0.303 e. The highest BCUT2D eigenvalue weighted by Gasteiger charge is 2.36. The van der Waals surface area contributed by atoms with Crippen LogP contribution in [0, 0.1) is 17.8 Å². The first kappa shape index (κ1) is 31.9. The van der Waals surface area contributed by atoms with E-state index in [0.29, 0.717) is 25.3 Å². The van der Waals surface area contributed by atoms with Crippen molar-refractivity contribution in [1.82, 2.24) is 15.5 Å². The van der Waals surface area contributed by atoms with Crippen LogP contribution in [-0.2, 0) is 19.2 Å². The van der Waals surface area contributed by atoms with Crippen LogP contribution >= 0.6 is 0 Å². The van der Waals surface area contributed by atoms with Gasteiger partial charge in [0.25, 0.3) is 0 Å². The summed E-state index contributed by atoms with van der Waals surface area (Å²) >= 11 is 0. The van der Waals surface area contributed by atoms with Crippen LogP contribution in [-0.4, -0.2) is 65.4 Å². The molecule has 1 aliphatic heterocycles. The molecule has 36 heavy (non-hydrogen) atoms. The third-order valence-corrected chi connectivity index (χ3v) is 6.99. The summed E-state index contributed by atoms with van der Waals surface area (Å²) in [6, 6.07) is -1.60. The monoisotopic (exact) mass is 510 g/mol. The molecule has 0 aromatic heterocycles. The summed E-state index contributed by atoms with van der Waals surface area (Å²) in [5, 5.41) is 14.3. The van der Waals surface area contributed by atoms with Crippen molar-refractivity contribution in [3.63, 3.8) is 0 Å². The van der Waals surface area contributed by atoms with Gasteiger partial charge in [-0.25, -0.2) is 0 Å². The van der Waals surface area contributed by atoms with Crippen LogP contribution in [0.15, 0.2) is 0 Å². The summed E-state index contributed by atoms with van der Waals surface area (Å²) in [4.78, 5) is 51.1. The molecule has 5 N–H and O–H groups in total. The number of aliphatic carboxylic acids is 1. The summed E-state index contributed by atoms with van der Waals surface area (Å²) in [6.07, 6.45) is 8.48. The van der Waals surface area contributed by atoms with Gasteiger partial charge in [-0.05, 0) is 37.0 Å². The first-order valence-electron chi connectivity index (χ1n) is 13.8. The Balaban J connectivity index is 2.55. The summed E-state index contributed by atoms with van der Waals surface area (Å²) in [6.45, 7) is 9.92. The lowest BCUT2D eigenvalue weighted by Gasteiger charge is -2.27.